The van der Waals surface area contributed by atoms with Gasteiger partial charge in [-0.3, -0.25) is 4.79 Å². The van der Waals surface area contributed by atoms with Crippen molar-refractivity contribution in [3.8, 4) is 0 Å². The van der Waals surface area contributed by atoms with Crippen LogP contribution in [0.15, 0.2) is 6.20 Å². The minimum Gasteiger partial charge on any atom is -0.355 e. The molecule has 0 saturated heterocycles. The first-order chi connectivity index (χ1) is 8.36. The average Bonchev–Trinajstić information content (AvgIpc) is 2.72. The van der Waals surface area contributed by atoms with E-state index in [1.807, 2.05) is 33.9 Å². The van der Waals surface area contributed by atoms with Crippen LogP contribution in [0.5, 0.6) is 0 Å². The highest BCUT2D eigenvalue weighted by atomic mass is 32.1. The van der Waals surface area contributed by atoms with Crippen molar-refractivity contribution in [1.82, 2.24) is 19.9 Å². The topological polar surface area (TPSA) is 59.3 Å². The predicted molar refractivity (Wildman–Crippen MR) is 71.8 cm³/mol. The largest absolute Gasteiger partial charge is 0.355 e. The second-order valence-corrected chi connectivity index (χ2v) is 6.50. The summed E-state index contributed by atoms with van der Waals surface area (Å²) in [5, 5.41) is 8.22. The number of carbonyl (C=O) groups excluding carboxylic acids is 1. The molecule has 98 valence electrons. The van der Waals surface area contributed by atoms with E-state index in [2.05, 4.69) is 15.4 Å². The SMILES string of the molecule is Cc1nn2cc(CCNC(=O)C(C)(C)C)nc2s1. The van der Waals surface area contributed by atoms with Gasteiger partial charge in [-0.2, -0.15) is 5.10 Å². The lowest BCUT2D eigenvalue weighted by atomic mass is 9.96. The van der Waals surface area contributed by atoms with Gasteiger partial charge in [-0.05, 0) is 6.92 Å². The number of amides is 1. The molecule has 2 heterocycles. The number of aryl methyl sites for hydroxylation is 1. The summed E-state index contributed by atoms with van der Waals surface area (Å²) in [5.41, 5.74) is 0.621. The van der Waals surface area contributed by atoms with Crippen LogP contribution in [0.3, 0.4) is 0 Å². The number of hydrogen-bond acceptors (Lipinski definition) is 4. The van der Waals surface area contributed by atoms with Gasteiger partial charge >= 0.3 is 0 Å². The molecule has 0 atom stereocenters. The molecule has 0 saturated carbocycles. The van der Waals surface area contributed by atoms with Gasteiger partial charge in [-0.15, -0.1) is 0 Å². The van der Waals surface area contributed by atoms with Crippen molar-refractivity contribution in [2.75, 3.05) is 6.54 Å². The number of nitrogens with one attached hydrogen (secondary N) is 1. The van der Waals surface area contributed by atoms with Crippen LogP contribution in [-0.2, 0) is 11.2 Å². The van der Waals surface area contributed by atoms with Gasteiger partial charge in [0, 0.05) is 18.4 Å². The summed E-state index contributed by atoms with van der Waals surface area (Å²) in [6.45, 7) is 8.29. The van der Waals surface area contributed by atoms with Crippen molar-refractivity contribution in [2.24, 2.45) is 5.41 Å². The standard InChI is InChI=1S/C12H18N4OS/c1-8-15-16-7-9(14-11(16)18-8)5-6-13-10(17)12(2,3)4/h7H,5-6H2,1-4H3,(H,13,17). The second kappa shape index (κ2) is 4.68. The van der Waals surface area contributed by atoms with Crippen LogP contribution in [0.2, 0.25) is 0 Å². The van der Waals surface area contributed by atoms with E-state index >= 15 is 0 Å². The van der Waals surface area contributed by atoms with Gasteiger partial charge in [0.05, 0.1) is 11.9 Å². The Morgan fingerprint density at radius 1 is 1.50 bits per heavy atom. The van der Waals surface area contributed by atoms with Gasteiger partial charge in [0.15, 0.2) is 0 Å². The fraction of sp³-hybridized carbons (Fsp3) is 0.583. The maximum atomic E-state index is 11.7. The zero-order valence-corrected chi connectivity index (χ0v) is 12.0. The molecular weight excluding hydrogens is 248 g/mol. The van der Waals surface area contributed by atoms with E-state index in [1.165, 1.54) is 0 Å². The van der Waals surface area contributed by atoms with Crippen LogP contribution in [0, 0.1) is 12.3 Å². The minimum absolute atomic E-state index is 0.0671. The molecular formula is C12H18N4OS. The fourth-order valence-electron chi connectivity index (χ4n) is 1.53. The molecule has 0 unspecified atom stereocenters. The summed E-state index contributed by atoms with van der Waals surface area (Å²) in [6.07, 6.45) is 2.65. The maximum Gasteiger partial charge on any atom is 0.225 e. The summed E-state index contributed by atoms with van der Waals surface area (Å²) in [6, 6.07) is 0. The summed E-state index contributed by atoms with van der Waals surface area (Å²) in [5.74, 6) is 0.0671. The second-order valence-electron chi connectivity index (χ2n) is 5.34. The molecule has 0 radical (unpaired) electrons. The lowest BCUT2D eigenvalue weighted by Crippen LogP contribution is -2.35. The van der Waals surface area contributed by atoms with Crippen molar-refractivity contribution in [1.29, 1.82) is 0 Å². The molecule has 5 nitrogen and oxygen atoms in total. The van der Waals surface area contributed by atoms with E-state index in [0.717, 1.165) is 22.1 Å². The molecule has 0 aromatic carbocycles. The number of nitrogens with zero attached hydrogens (tertiary/aromatic N) is 3. The van der Waals surface area contributed by atoms with E-state index in [9.17, 15) is 4.79 Å². The fourth-order valence-corrected chi connectivity index (χ4v) is 2.28. The van der Waals surface area contributed by atoms with Gasteiger partial charge in [0.2, 0.25) is 10.9 Å². The molecule has 18 heavy (non-hydrogen) atoms. The molecule has 2 aromatic rings. The van der Waals surface area contributed by atoms with Crippen molar-refractivity contribution in [3.63, 3.8) is 0 Å². The molecule has 0 aliphatic rings. The first-order valence-electron chi connectivity index (χ1n) is 5.96. The highest BCUT2D eigenvalue weighted by Gasteiger charge is 2.20. The Balaban J connectivity index is 1.90. The van der Waals surface area contributed by atoms with E-state index in [4.69, 9.17) is 0 Å². The predicted octanol–water partition coefficient (Wildman–Crippen LogP) is 1.80. The lowest BCUT2D eigenvalue weighted by molar-refractivity contribution is -0.128. The van der Waals surface area contributed by atoms with E-state index in [0.29, 0.717) is 6.54 Å². The third-order valence-corrected chi connectivity index (χ3v) is 3.38. The van der Waals surface area contributed by atoms with Crippen LogP contribution in [0.4, 0.5) is 0 Å². The van der Waals surface area contributed by atoms with E-state index in [-0.39, 0.29) is 11.3 Å². The van der Waals surface area contributed by atoms with Crippen molar-refractivity contribution < 1.29 is 4.79 Å². The molecule has 1 N–H and O–H groups in total. The van der Waals surface area contributed by atoms with Crippen molar-refractivity contribution >= 4 is 22.2 Å². The highest BCUT2D eigenvalue weighted by Crippen LogP contribution is 2.14. The van der Waals surface area contributed by atoms with Gasteiger partial charge in [-0.25, -0.2) is 9.50 Å². The van der Waals surface area contributed by atoms with Crippen LogP contribution in [0.1, 0.15) is 31.5 Å². The third-order valence-electron chi connectivity index (χ3n) is 2.54. The molecule has 0 aliphatic carbocycles. The number of rotatable bonds is 3. The van der Waals surface area contributed by atoms with E-state index < -0.39 is 0 Å². The summed E-state index contributed by atoms with van der Waals surface area (Å²) >= 11 is 1.57. The highest BCUT2D eigenvalue weighted by molar-refractivity contribution is 7.16. The Hall–Kier alpha value is -1.43. The van der Waals surface area contributed by atoms with Gasteiger partial charge in [0.1, 0.15) is 5.01 Å². The van der Waals surface area contributed by atoms with E-state index in [1.54, 1.807) is 15.9 Å². The van der Waals surface area contributed by atoms with Gasteiger partial charge in [0.25, 0.3) is 0 Å². The van der Waals surface area contributed by atoms with Crippen LogP contribution in [0.25, 0.3) is 4.96 Å². The first-order valence-corrected chi connectivity index (χ1v) is 6.78. The normalized spacial score (nSPS) is 12.0. The Morgan fingerprint density at radius 2 is 2.22 bits per heavy atom. The number of fused-ring (bicyclic) bond motifs is 1. The smallest absolute Gasteiger partial charge is 0.225 e. The van der Waals surface area contributed by atoms with Gasteiger partial charge < -0.3 is 5.32 Å². The third kappa shape index (κ3) is 2.87. The average molecular weight is 266 g/mol. The summed E-state index contributed by atoms with van der Waals surface area (Å²) in [7, 11) is 0. The van der Waals surface area contributed by atoms with Crippen LogP contribution >= 0.6 is 11.3 Å². The number of imidazole rings is 1. The Labute approximate surface area is 110 Å². The summed E-state index contributed by atoms with van der Waals surface area (Å²) in [4.78, 5) is 17.0. The molecule has 2 aromatic heterocycles. The Bertz CT molecular complexity index is 533. The maximum absolute atomic E-state index is 11.7. The molecule has 0 spiro atoms. The molecule has 1 amide bonds. The number of carbonyl (C=O) groups is 1. The molecule has 0 bridgehead atoms. The zero-order valence-electron chi connectivity index (χ0n) is 11.1. The van der Waals surface area contributed by atoms with Crippen molar-refractivity contribution in [2.45, 2.75) is 34.1 Å². The lowest BCUT2D eigenvalue weighted by Gasteiger charge is -2.17. The summed E-state index contributed by atoms with van der Waals surface area (Å²) < 4.78 is 1.79. The quantitative estimate of drug-likeness (QED) is 0.921. The zero-order chi connectivity index (χ0) is 13.3. The number of aromatic nitrogens is 3. The van der Waals surface area contributed by atoms with Crippen LogP contribution in [-0.4, -0.2) is 27.0 Å². The number of hydrogen-bond donors (Lipinski definition) is 1. The molecule has 2 rings (SSSR count). The van der Waals surface area contributed by atoms with Gasteiger partial charge in [-0.1, -0.05) is 32.1 Å². The van der Waals surface area contributed by atoms with Crippen LogP contribution < -0.4 is 5.32 Å². The Morgan fingerprint density at radius 3 is 2.83 bits per heavy atom. The molecule has 0 aliphatic heterocycles. The molecule has 6 heteroatoms. The minimum atomic E-state index is -0.340. The Kier molecular flexibility index (Phi) is 3.38. The molecule has 0 fully saturated rings. The monoisotopic (exact) mass is 266 g/mol. The first kappa shape index (κ1) is 13.0. The van der Waals surface area contributed by atoms with Crippen molar-refractivity contribution in [3.05, 3.63) is 16.9 Å².